The Kier molecular flexibility index (Phi) is 15.5. The van der Waals surface area contributed by atoms with Crippen LogP contribution in [0, 0.1) is 5.92 Å². The fourth-order valence-corrected chi connectivity index (χ4v) is 1.77. The van der Waals surface area contributed by atoms with Crippen molar-refractivity contribution in [3.8, 4) is 0 Å². The average Bonchev–Trinajstić information content (AvgIpc) is 1.97. The molecule has 0 unspecified atom stereocenters. The number of carbonyl (C=O) groups excluding carboxylic acids is 2. The van der Waals surface area contributed by atoms with Crippen LogP contribution in [0.2, 0.25) is 0 Å². The zero-order valence-corrected chi connectivity index (χ0v) is 15.6. The summed E-state index contributed by atoms with van der Waals surface area (Å²) in [6.45, 7) is 5.45. The van der Waals surface area contributed by atoms with Crippen molar-refractivity contribution >= 4 is 35.5 Å². The zero-order chi connectivity index (χ0) is 10.6. The maximum Gasteiger partial charge on any atom is 1.00 e. The molecule has 0 saturated heterocycles. The van der Waals surface area contributed by atoms with Gasteiger partial charge in [0.25, 0.3) is 0 Å². The molecule has 0 aliphatic rings. The zero-order valence-electron chi connectivity index (χ0n) is 9.92. The fourth-order valence-electron chi connectivity index (χ4n) is 1.15. The van der Waals surface area contributed by atoms with Gasteiger partial charge in [0, 0.05) is 10.2 Å². The summed E-state index contributed by atoms with van der Waals surface area (Å²) in [5, 5.41) is -0.936. The van der Waals surface area contributed by atoms with E-state index in [0.717, 1.165) is 0 Å². The van der Waals surface area contributed by atoms with Crippen LogP contribution in [0.5, 0.6) is 0 Å². The van der Waals surface area contributed by atoms with E-state index in [1.165, 1.54) is 0 Å². The molecular formula is C9H12Na2O2S2. The van der Waals surface area contributed by atoms with Crippen LogP contribution in [0.25, 0.3) is 0 Å². The van der Waals surface area contributed by atoms with E-state index in [1.54, 1.807) is 6.92 Å². The molecule has 6 heteroatoms. The predicted molar refractivity (Wildman–Crippen MR) is 56.9 cm³/mol. The van der Waals surface area contributed by atoms with Crippen LogP contribution >= 0.6 is 0 Å². The van der Waals surface area contributed by atoms with Gasteiger partial charge < -0.3 is 34.8 Å². The van der Waals surface area contributed by atoms with Gasteiger partial charge in [0.2, 0.25) is 0 Å². The first-order valence-corrected chi connectivity index (χ1v) is 4.89. The number of hydrogen-bond donors (Lipinski definition) is 0. The van der Waals surface area contributed by atoms with E-state index in [4.69, 9.17) is 0 Å². The van der Waals surface area contributed by atoms with Gasteiger partial charge in [0.05, 0.1) is 0 Å². The molecule has 0 aromatic carbocycles. The standard InChI is InChI=1S/C9H14O2S2.2Na/c1-4-6(8(10)12)7(5(2)3)9(11)13;;/h5H,4H2,1-3H3,(H,10,12)(H,11,13);;/q;2*+1/p-2/b7-6-;;. The Labute approximate surface area is 146 Å². The molecule has 0 fully saturated rings. The molecule has 0 aromatic rings. The molecule has 74 valence electrons. The first-order chi connectivity index (χ1) is 5.91. The fraction of sp³-hybridized carbons (Fsp3) is 0.556. The molecule has 0 aromatic heterocycles. The third-order valence-corrected chi connectivity index (χ3v) is 2.19. The summed E-state index contributed by atoms with van der Waals surface area (Å²) in [6, 6.07) is 0. The molecule has 15 heavy (non-hydrogen) atoms. The van der Waals surface area contributed by atoms with Gasteiger partial charge in [-0.1, -0.05) is 20.8 Å². The Balaban J connectivity index is -0.000000720. The van der Waals surface area contributed by atoms with Gasteiger partial charge in [-0.25, -0.2) is 0 Å². The monoisotopic (exact) mass is 262 g/mol. The van der Waals surface area contributed by atoms with Crippen LogP contribution in [-0.2, 0) is 34.8 Å². The van der Waals surface area contributed by atoms with Crippen molar-refractivity contribution in [2.24, 2.45) is 5.92 Å². The maximum absolute atomic E-state index is 11.0. The summed E-state index contributed by atoms with van der Waals surface area (Å²) >= 11 is 9.06. The molecule has 0 atom stereocenters. The second-order valence-corrected chi connectivity index (χ2v) is 3.72. The van der Waals surface area contributed by atoms with Gasteiger partial charge in [0.1, 0.15) is 0 Å². The van der Waals surface area contributed by atoms with E-state index in [-0.39, 0.29) is 65.0 Å². The van der Waals surface area contributed by atoms with Crippen molar-refractivity contribution in [2.75, 3.05) is 0 Å². The summed E-state index contributed by atoms with van der Waals surface area (Å²) in [5.41, 5.74) is 0.794. The van der Waals surface area contributed by atoms with Gasteiger partial charge in [-0.3, -0.25) is 0 Å². The first-order valence-electron chi connectivity index (χ1n) is 4.07. The third kappa shape index (κ3) is 7.45. The minimum absolute atomic E-state index is 0. The van der Waals surface area contributed by atoms with Crippen molar-refractivity contribution in [3.63, 3.8) is 0 Å². The Bertz CT molecular complexity index is 263. The van der Waals surface area contributed by atoms with Crippen LogP contribution in [0.15, 0.2) is 11.1 Å². The van der Waals surface area contributed by atoms with Crippen LogP contribution < -0.4 is 59.1 Å². The van der Waals surface area contributed by atoms with Crippen molar-refractivity contribution in [3.05, 3.63) is 11.1 Å². The molecule has 2 nitrogen and oxygen atoms in total. The molecule has 0 spiro atoms. The molecule has 0 rings (SSSR count). The molecule has 0 bridgehead atoms. The Hall–Kier alpha value is 1.52. The minimum atomic E-state index is -0.468. The van der Waals surface area contributed by atoms with Gasteiger partial charge >= 0.3 is 59.1 Å². The van der Waals surface area contributed by atoms with E-state index in [9.17, 15) is 9.59 Å². The normalized spacial score (nSPS) is 10.9. The molecule has 0 heterocycles. The summed E-state index contributed by atoms with van der Waals surface area (Å²) < 4.78 is 0. The van der Waals surface area contributed by atoms with E-state index < -0.39 is 10.2 Å². The number of hydrogen-bond acceptors (Lipinski definition) is 4. The second kappa shape index (κ2) is 10.7. The topological polar surface area (TPSA) is 34.1 Å². The number of carbonyl (C=O) groups is 2. The molecular weight excluding hydrogens is 250 g/mol. The van der Waals surface area contributed by atoms with Gasteiger partial charge in [-0.15, -0.1) is 0 Å². The smallest absolute Gasteiger partial charge is 0.737 e. The van der Waals surface area contributed by atoms with Gasteiger partial charge in [0.15, 0.2) is 0 Å². The van der Waals surface area contributed by atoms with Crippen molar-refractivity contribution in [1.82, 2.24) is 0 Å². The van der Waals surface area contributed by atoms with E-state index in [0.29, 0.717) is 17.6 Å². The summed E-state index contributed by atoms with van der Waals surface area (Å²) in [4.78, 5) is 22.0. The first kappa shape index (κ1) is 21.8. The van der Waals surface area contributed by atoms with E-state index in [1.807, 2.05) is 13.8 Å². The van der Waals surface area contributed by atoms with Crippen molar-refractivity contribution in [1.29, 1.82) is 0 Å². The van der Waals surface area contributed by atoms with Gasteiger partial charge in [-0.05, 0) is 23.5 Å². The van der Waals surface area contributed by atoms with Gasteiger partial charge in [-0.2, -0.15) is 0 Å². The molecule has 0 amide bonds. The largest absolute Gasteiger partial charge is 1.00 e. The van der Waals surface area contributed by atoms with E-state index >= 15 is 0 Å². The SMILES string of the molecule is CC/C(C(=O)[S-])=C(/C(=O)[S-])C(C)C.[Na+].[Na+]. The van der Waals surface area contributed by atoms with Crippen molar-refractivity contribution in [2.45, 2.75) is 27.2 Å². The molecule has 0 aliphatic carbocycles. The molecule has 0 saturated carbocycles. The summed E-state index contributed by atoms with van der Waals surface area (Å²) in [5.74, 6) is -0.0353. The second-order valence-electron chi connectivity index (χ2n) is 2.98. The van der Waals surface area contributed by atoms with Crippen LogP contribution in [0.3, 0.4) is 0 Å². The quantitative estimate of drug-likeness (QED) is 0.291. The van der Waals surface area contributed by atoms with Crippen LogP contribution in [0.1, 0.15) is 27.2 Å². The summed E-state index contributed by atoms with van der Waals surface area (Å²) in [6.07, 6.45) is 0.470. The predicted octanol–water partition coefficient (Wildman–Crippen LogP) is -4.50. The molecule has 0 N–H and O–H groups in total. The number of rotatable bonds is 4. The molecule has 0 aliphatic heterocycles. The summed E-state index contributed by atoms with van der Waals surface area (Å²) in [7, 11) is 0. The Morgan fingerprint density at radius 2 is 1.47 bits per heavy atom. The minimum Gasteiger partial charge on any atom is -0.737 e. The van der Waals surface area contributed by atoms with E-state index in [2.05, 4.69) is 25.3 Å². The average molecular weight is 262 g/mol. The van der Waals surface area contributed by atoms with Crippen molar-refractivity contribution < 1.29 is 68.7 Å². The molecule has 0 radical (unpaired) electrons. The van der Waals surface area contributed by atoms with Crippen LogP contribution in [-0.4, -0.2) is 10.2 Å². The van der Waals surface area contributed by atoms with Crippen LogP contribution in [0.4, 0.5) is 0 Å². The Morgan fingerprint density at radius 3 is 1.53 bits per heavy atom. The maximum atomic E-state index is 11.0. The Morgan fingerprint density at radius 1 is 1.07 bits per heavy atom. The third-order valence-electron chi connectivity index (χ3n) is 1.72.